The van der Waals surface area contributed by atoms with Crippen molar-refractivity contribution in [2.45, 2.75) is 56.2 Å². The monoisotopic (exact) mass is 307 g/mol. The minimum absolute atomic E-state index is 0.353. The van der Waals surface area contributed by atoms with E-state index >= 15 is 0 Å². The van der Waals surface area contributed by atoms with Crippen molar-refractivity contribution >= 4 is 17.7 Å². The number of nitrogens with one attached hydrogen (secondary N) is 1. The summed E-state index contributed by atoms with van der Waals surface area (Å²) in [5.41, 5.74) is 1.75. The summed E-state index contributed by atoms with van der Waals surface area (Å²) >= 11 is 1.78. The molecule has 0 saturated carbocycles. The third-order valence-electron chi connectivity index (χ3n) is 3.78. The van der Waals surface area contributed by atoms with E-state index in [1.54, 1.807) is 11.8 Å². The second kappa shape index (κ2) is 6.84. The van der Waals surface area contributed by atoms with Gasteiger partial charge in [-0.1, -0.05) is 32.9 Å². The molecule has 2 rings (SSSR count). The molecule has 0 unspecified atom stereocenters. The highest BCUT2D eigenvalue weighted by molar-refractivity contribution is 8.00. The van der Waals surface area contributed by atoms with E-state index in [9.17, 15) is 4.79 Å². The first-order valence-electron chi connectivity index (χ1n) is 7.55. The Hall–Kier alpha value is -1.00. The lowest BCUT2D eigenvalue weighted by Crippen LogP contribution is -2.29. The van der Waals surface area contributed by atoms with Crippen LogP contribution >= 0.6 is 11.8 Å². The molecule has 1 aromatic rings. The molecule has 0 radical (unpaired) electrons. The Labute approximate surface area is 131 Å². The Balaban J connectivity index is 1.84. The van der Waals surface area contributed by atoms with E-state index in [0.29, 0.717) is 17.1 Å². The van der Waals surface area contributed by atoms with E-state index < -0.39 is 5.97 Å². The van der Waals surface area contributed by atoms with Gasteiger partial charge in [-0.3, -0.25) is 4.79 Å². The first-order chi connectivity index (χ1) is 9.83. The zero-order valence-corrected chi connectivity index (χ0v) is 13.9. The molecule has 2 N–H and O–H groups in total. The van der Waals surface area contributed by atoms with Gasteiger partial charge in [0.25, 0.3) is 0 Å². The van der Waals surface area contributed by atoms with Gasteiger partial charge < -0.3 is 10.4 Å². The largest absolute Gasteiger partial charge is 0.480 e. The summed E-state index contributed by atoms with van der Waals surface area (Å²) in [7, 11) is 0. The summed E-state index contributed by atoms with van der Waals surface area (Å²) in [5, 5.41) is 12.4. The maximum atomic E-state index is 10.9. The SMILES string of the molecule is CC(C)(C)CCc1ccc(S[C@H]2CN[C@H](C(=O)O)C2)cc1. The van der Waals surface area contributed by atoms with Crippen LogP contribution in [0.15, 0.2) is 29.2 Å². The summed E-state index contributed by atoms with van der Waals surface area (Å²) < 4.78 is 0. The van der Waals surface area contributed by atoms with Gasteiger partial charge in [0.05, 0.1) is 0 Å². The highest BCUT2D eigenvalue weighted by Gasteiger charge is 2.29. The topological polar surface area (TPSA) is 49.3 Å². The van der Waals surface area contributed by atoms with Gasteiger partial charge in [0.2, 0.25) is 0 Å². The molecule has 0 amide bonds. The second-order valence-corrected chi connectivity index (χ2v) is 8.35. The number of aryl methyl sites for hydroxylation is 1. The molecule has 3 nitrogen and oxygen atoms in total. The zero-order valence-electron chi connectivity index (χ0n) is 13.1. The number of carboxylic acid groups (broad SMARTS) is 1. The third kappa shape index (κ3) is 5.36. The van der Waals surface area contributed by atoms with E-state index in [1.807, 2.05) is 0 Å². The van der Waals surface area contributed by atoms with Crippen LogP contribution in [0, 0.1) is 5.41 Å². The molecule has 1 saturated heterocycles. The normalized spacial score (nSPS) is 22.4. The van der Waals surface area contributed by atoms with Gasteiger partial charge in [0.1, 0.15) is 6.04 Å². The molecule has 21 heavy (non-hydrogen) atoms. The van der Waals surface area contributed by atoms with Crippen molar-refractivity contribution < 1.29 is 9.90 Å². The smallest absolute Gasteiger partial charge is 0.320 e. The lowest BCUT2D eigenvalue weighted by molar-refractivity contribution is -0.139. The number of carboxylic acids is 1. The lowest BCUT2D eigenvalue weighted by Gasteiger charge is -2.17. The molecule has 0 bridgehead atoms. The van der Waals surface area contributed by atoms with Gasteiger partial charge in [0.15, 0.2) is 0 Å². The van der Waals surface area contributed by atoms with Gasteiger partial charge in [-0.2, -0.15) is 0 Å². The van der Waals surface area contributed by atoms with Crippen LogP contribution in [0.5, 0.6) is 0 Å². The van der Waals surface area contributed by atoms with Crippen molar-refractivity contribution in [2.24, 2.45) is 5.41 Å². The van der Waals surface area contributed by atoms with Gasteiger partial charge in [0, 0.05) is 16.7 Å². The molecule has 2 atom stereocenters. The summed E-state index contributed by atoms with van der Waals surface area (Å²) in [6.45, 7) is 7.57. The maximum Gasteiger partial charge on any atom is 0.320 e. The molecule has 0 aliphatic carbocycles. The molecule has 1 heterocycles. The lowest BCUT2D eigenvalue weighted by atomic mass is 9.89. The van der Waals surface area contributed by atoms with E-state index in [2.05, 4.69) is 50.4 Å². The van der Waals surface area contributed by atoms with Crippen LogP contribution < -0.4 is 5.32 Å². The van der Waals surface area contributed by atoms with E-state index in [4.69, 9.17) is 5.11 Å². The Bertz CT molecular complexity index is 479. The molecule has 116 valence electrons. The number of benzene rings is 1. The molecular formula is C17H25NO2S. The van der Waals surface area contributed by atoms with Crippen LogP contribution in [0.1, 0.15) is 39.2 Å². The van der Waals surface area contributed by atoms with Crippen molar-refractivity contribution in [1.29, 1.82) is 0 Å². The van der Waals surface area contributed by atoms with E-state index in [0.717, 1.165) is 13.0 Å². The highest BCUT2D eigenvalue weighted by Crippen LogP contribution is 2.29. The summed E-state index contributed by atoms with van der Waals surface area (Å²) in [5.74, 6) is -0.740. The summed E-state index contributed by atoms with van der Waals surface area (Å²) in [4.78, 5) is 12.2. The quantitative estimate of drug-likeness (QED) is 0.873. The van der Waals surface area contributed by atoms with Crippen molar-refractivity contribution in [2.75, 3.05) is 6.54 Å². The number of carbonyl (C=O) groups is 1. The summed E-state index contributed by atoms with van der Waals surface area (Å²) in [6.07, 6.45) is 3.00. The first kappa shape index (κ1) is 16.4. The average Bonchev–Trinajstić information content (AvgIpc) is 2.86. The molecule has 4 heteroatoms. The van der Waals surface area contributed by atoms with E-state index in [1.165, 1.54) is 16.9 Å². The fraction of sp³-hybridized carbons (Fsp3) is 0.588. The van der Waals surface area contributed by atoms with Gasteiger partial charge in [-0.15, -0.1) is 11.8 Å². The average molecular weight is 307 g/mol. The van der Waals surface area contributed by atoms with Crippen LogP contribution in [0.3, 0.4) is 0 Å². The number of aliphatic carboxylic acids is 1. The number of rotatable bonds is 5. The van der Waals surface area contributed by atoms with Crippen LogP contribution in [-0.2, 0) is 11.2 Å². The molecule has 0 aromatic heterocycles. The predicted molar refractivity (Wildman–Crippen MR) is 87.9 cm³/mol. The summed E-state index contributed by atoms with van der Waals surface area (Å²) in [6, 6.07) is 8.34. The molecule has 1 aliphatic rings. The standard InChI is InChI=1S/C17H25NO2S/c1-17(2,3)9-8-12-4-6-13(7-5-12)21-14-10-15(16(19)20)18-11-14/h4-7,14-15,18H,8-11H2,1-3H3,(H,19,20)/t14-,15+/m1/s1. The Kier molecular flexibility index (Phi) is 5.33. The minimum atomic E-state index is -0.740. The van der Waals surface area contributed by atoms with Crippen LogP contribution in [-0.4, -0.2) is 28.9 Å². The first-order valence-corrected chi connectivity index (χ1v) is 8.43. The zero-order chi connectivity index (χ0) is 15.5. The van der Waals surface area contributed by atoms with E-state index in [-0.39, 0.29) is 6.04 Å². The van der Waals surface area contributed by atoms with Gasteiger partial charge >= 0.3 is 5.97 Å². The van der Waals surface area contributed by atoms with Crippen molar-refractivity contribution in [1.82, 2.24) is 5.32 Å². The van der Waals surface area contributed by atoms with Crippen LogP contribution in [0.2, 0.25) is 0 Å². The maximum absolute atomic E-state index is 10.9. The Morgan fingerprint density at radius 2 is 2.00 bits per heavy atom. The van der Waals surface area contributed by atoms with Crippen molar-refractivity contribution in [3.05, 3.63) is 29.8 Å². The van der Waals surface area contributed by atoms with Crippen molar-refractivity contribution in [3.63, 3.8) is 0 Å². The van der Waals surface area contributed by atoms with Crippen molar-refractivity contribution in [3.8, 4) is 0 Å². The third-order valence-corrected chi connectivity index (χ3v) is 5.02. The number of hydrogen-bond donors (Lipinski definition) is 2. The fourth-order valence-electron chi connectivity index (χ4n) is 2.43. The van der Waals surface area contributed by atoms with Crippen LogP contribution in [0.4, 0.5) is 0 Å². The predicted octanol–water partition coefficient (Wildman–Crippen LogP) is 3.57. The minimum Gasteiger partial charge on any atom is -0.480 e. The Morgan fingerprint density at radius 3 is 2.52 bits per heavy atom. The number of thioether (sulfide) groups is 1. The molecule has 1 aliphatic heterocycles. The number of hydrogen-bond acceptors (Lipinski definition) is 3. The Morgan fingerprint density at radius 1 is 1.33 bits per heavy atom. The molecular weight excluding hydrogens is 282 g/mol. The molecule has 0 spiro atoms. The van der Waals surface area contributed by atoms with Gasteiger partial charge in [-0.25, -0.2) is 0 Å². The second-order valence-electron chi connectivity index (χ2n) is 6.98. The highest BCUT2D eigenvalue weighted by atomic mass is 32.2. The fourth-order valence-corrected chi connectivity index (χ4v) is 3.57. The van der Waals surface area contributed by atoms with Crippen LogP contribution in [0.25, 0.3) is 0 Å². The molecule has 1 aromatic carbocycles. The van der Waals surface area contributed by atoms with Gasteiger partial charge in [-0.05, 0) is 42.4 Å². The molecule has 1 fully saturated rings.